The SMILES string of the molecule is Cc1ccc(S(=O)(=O)NCCC(=O)Nc2ccc3c(c2)CCO3)cc1C. The van der Waals surface area contributed by atoms with Gasteiger partial charge in [-0.3, -0.25) is 4.79 Å². The molecule has 0 aliphatic carbocycles. The molecule has 2 N–H and O–H groups in total. The fraction of sp³-hybridized carbons (Fsp3) is 0.316. The number of aryl methyl sites for hydroxylation is 2. The monoisotopic (exact) mass is 374 g/mol. The van der Waals surface area contributed by atoms with Crippen LogP contribution in [-0.4, -0.2) is 27.5 Å². The standard InChI is InChI=1S/C19H22N2O4S/c1-13-3-5-17(11-14(13)2)26(23,24)20-9-7-19(22)21-16-4-6-18-15(12-16)8-10-25-18/h3-6,11-12,20H,7-10H2,1-2H3,(H,21,22). The number of amides is 1. The molecule has 0 fully saturated rings. The first-order chi connectivity index (χ1) is 12.3. The van der Waals surface area contributed by atoms with Crippen molar-refractivity contribution in [2.24, 2.45) is 0 Å². The van der Waals surface area contributed by atoms with Crippen LogP contribution in [0.1, 0.15) is 23.1 Å². The van der Waals surface area contributed by atoms with Crippen molar-refractivity contribution >= 4 is 21.6 Å². The summed E-state index contributed by atoms with van der Waals surface area (Å²) in [7, 11) is -3.62. The Balaban J connectivity index is 1.53. The molecule has 0 atom stereocenters. The average molecular weight is 374 g/mol. The quantitative estimate of drug-likeness (QED) is 0.814. The van der Waals surface area contributed by atoms with Gasteiger partial charge in [0.2, 0.25) is 15.9 Å². The Hall–Kier alpha value is -2.38. The van der Waals surface area contributed by atoms with Crippen LogP contribution in [0.4, 0.5) is 5.69 Å². The van der Waals surface area contributed by atoms with Gasteiger partial charge >= 0.3 is 0 Å². The van der Waals surface area contributed by atoms with E-state index in [1.165, 1.54) is 0 Å². The molecule has 26 heavy (non-hydrogen) atoms. The molecule has 1 heterocycles. The fourth-order valence-corrected chi connectivity index (χ4v) is 3.87. The molecule has 7 heteroatoms. The third-order valence-corrected chi connectivity index (χ3v) is 5.86. The van der Waals surface area contributed by atoms with E-state index in [0.29, 0.717) is 12.3 Å². The molecule has 6 nitrogen and oxygen atoms in total. The molecule has 1 aliphatic rings. The van der Waals surface area contributed by atoms with E-state index in [1.54, 1.807) is 24.3 Å². The van der Waals surface area contributed by atoms with Gasteiger partial charge in [0, 0.05) is 25.1 Å². The lowest BCUT2D eigenvalue weighted by molar-refractivity contribution is -0.116. The molecule has 0 aromatic heterocycles. The van der Waals surface area contributed by atoms with Gasteiger partial charge in [0.05, 0.1) is 11.5 Å². The van der Waals surface area contributed by atoms with E-state index in [0.717, 1.165) is 28.9 Å². The molecular weight excluding hydrogens is 352 g/mol. The van der Waals surface area contributed by atoms with E-state index < -0.39 is 10.0 Å². The fourth-order valence-electron chi connectivity index (χ4n) is 2.75. The van der Waals surface area contributed by atoms with Crippen molar-refractivity contribution in [2.45, 2.75) is 31.6 Å². The van der Waals surface area contributed by atoms with Crippen molar-refractivity contribution in [1.82, 2.24) is 4.72 Å². The Morgan fingerprint density at radius 3 is 2.69 bits per heavy atom. The van der Waals surface area contributed by atoms with Gasteiger partial charge in [0.1, 0.15) is 5.75 Å². The van der Waals surface area contributed by atoms with Gasteiger partial charge < -0.3 is 10.1 Å². The van der Waals surface area contributed by atoms with Gasteiger partial charge in [-0.2, -0.15) is 0 Å². The summed E-state index contributed by atoms with van der Waals surface area (Å²) >= 11 is 0. The van der Waals surface area contributed by atoms with E-state index in [2.05, 4.69) is 10.0 Å². The zero-order valence-electron chi connectivity index (χ0n) is 14.8. The van der Waals surface area contributed by atoms with Crippen LogP contribution in [0.15, 0.2) is 41.3 Å². The van der Waals surface area contributed by atoms with Crippen LogP contribution in [0.25, 0.3) is 0 Å². The number of ether oxygens (including phenoxy) is 1. The highest BCUT2D eigenvalue weighted by atomic mass is 32.2. The number of rotatable bonds is 6. The predicted octanol–water partition coefficient (Wildman–Crippen LogP) is 2.55. The molecule has 138 valence electrons. The van der Waals surface area contributed by atoms with Gasteiger partial charge in [-0.05, 0) is 60.9 Å². The molecule has 1 aliphatic heterocycles. The molecule has 2 aromatic carbocycles. The van der Waals surface area contributed by atoms with E-state index in [9.17, 15) is 13.2 Å². The summed E-state index contributed by atoms with van der Waals surface area (Å²) in [4.78, 5) is 12.3. The molecule has 0 unspecified atom stereocenters. The number of hydrogen-bond acceptors (Lipinski definition) is 4. The number of anilines is 1. The Morgan fingerprint density at radius 1 is 1.12 bits per heavy atom. The second kappa shape index (κ2) is 7.47. The third kappa shape index (κ3) is 4.23. The highest BCUT2D eigenvalue weighted by Gasteiger charge is 2.16. The van der Waals surface area contributed by atoms with Gasteiger partial charge in [-0.1, -0.05) is 6.07 Å². The number of benzene rings is 2. The Morgan fingerprint density at radius 2 is 1.92 bits per heavy atom. The van der Waals surface area contributed by atoms with Crippen molar-refractivity contribution in [1.29, 1.82) is 0 Å². The van der Waals surface area contributed by atoms with E-state index in [4.69, 9.17) is 4.74 Å². The largest absolute Gasteiger partial charge is 0.493 e. The van der Waals surface area contributed by atoms with Crippen LogP contribution in [0.5, 0.6) is 5.75 Å². The van der Waals surface area contributed by atoms with Crippen molar-refractivity contribution < 1.29 is 17.9 Å². The van der Waals surface area contributed by atoms with Crippen molar-refractivity contribution in [3.63, 3.8) is 0 Å². The lowest BCUT2D eigenvalue weighted by Gasteiger charge is -2.09. The maximum atomic E-state index is 12.3. The summed E-state index contributed by atoms with van der Waals surface area (Å²) in [5.41, 5.74) is 3.70. The first-order valence-corrected chi connectivity index (χ1v) is 9.96. The molecule has 0 saturated carbocycles. The number of carbonyl (C=O) groups is 1. The molecule has 0 saturated heterocycles. The van der Waals surface area contributed by atoms with Crippen LogP contribution in [0.2, 0.25) is 0 Å². The van der Waals surface area contributed by atoms with Crippen LogP contribution in [-0.2, 0) is 21.2 Å². The minimum atomic E-state index is -3.62. The molecule has 1 amide bonds. The number of hydrogen-bond donors (Lipinski definition) is 2. The van der Waals surface area contributed by atoms with Crippen molar-refractivity contribution in [3.8, 4) is 5.75 Å². The van der Waals surface area contributed by atoms with E-state index in [-0.39, 0.29) is 23.8 Å². The molecule has 0 radical (unpaired) electrons. The maximum absolute atomic E-state index is 12.3. The van der Waals surface area contributed by atoms with Crippen LogP contribution < -0.4 is 14.8 Å². The Labute approximate surface area is 153 Å². The summed E-state index contributed by atoms with van der Waals surface area (Å²) in [6.07, 6.45) is 0.881. The zero-order valence-corrected chi connectivity index (χ0v) is 15.7. The second-order valence-corrected chi connectivity index (χ2v) is 8.13. The lowest BCUT2D eigenvalue weighted by atomic mass is 10.1. The average Bonchev–Trinajstić information content (AvgIpc) is 3.04. The molecular formula is C19H22N2O4S. The third-order valence-electron chi connectivity index (χ3n) is 4.41. The molecule has 3 rings (SSSR count). The smallest absolute Gasteiger partial charge is 0.240 e. The number of carbonyl (C=O) groups excluding carboxylic acids is 1. The van der Waals surface area contributed by atoms with Crippen LogP contribution >= 0.6 is 0 Å². The highest BCUT2D eigenvalue weighted by molar-refractivity contribution is 7.89. The van der Waals surface area contributed by atoms with Crippen LogP contribution in [0.3, 0.4) is 0 Å². The van der Waals surface area contributed by atoms with Gasteiger partial charge in [-0.25, -0.2) is 13.1 Å². The number of sulfonamides is 1. The molecule has 2 aromatic rings. The predicted molar refractivity (Wildman–Crippen MR) is 100.0 cm³/mol. The van der Waals surface area contributed by atoms with Gasteiger partial charge in [-0.15, -0.1) is 0 Å². The number of nitrogens with one attached hydrogen (secondary N) is 2. The normalized spacial score (nSPS) is 13.2. The van der Waals surface area contributed by atoms with Gasteiger partial charge in [0.25, 0.3) is 0 Å². The first-order valence-electron chi connectivity index (χ1n) is 8.48. The lowest BCUT2D eigenvalue weighted by Crippen LogP contribution is -2.28. The first kappa shape index (κ1) is 18.4. The van der Waals surface area contributed by atoms with Crippen molar-refractivity contribution in [2.75, 3.05) is 18.5 Å². The summed E-state index contributed by atoms with van der Waals surface area (Å²) in [6.45, 7) is 4.49. The minimum Gasteiger partial charge on any atom is -0.493 e. The molecule has 0 spiro atoms. The zero-order chi connectivity index (χ0) is 18.7. The Bertz CT molecular complexity index is 939. The summed E-state index contributed by atoms with van der Waals surface area (Å²) in [5, 5.41) is 2.78. The molecule has 0 bridgehead atoms. The second-order valence-electron chi connectivity index (χ2n) is 6.36. The highest BCUT2D eigenvalue weighted by Crippen LogP contribution is 2.27. The van der Waals surface area contributed by atoms with Crippen molar-refractivity contribution in [3.05, 3.63) is 53.1 Å². The minimum absolute atomic E-state index is 0.0368. The number of fused-ring (bicyclic) bond motifs is 1. The van der Waals surface area contributed by atoms with E-state index >= 15 is 0 Å². The van der Waals surface area contributed by atoms with E-state index in [1.807, 2.05) is 26.0 Å². The Kier molecular flexibility index (Phi) is 5.29. The summed E-state index contributed by atoms with van der Waals surface area (Å²) in [5.74, 6) is 0.607. The maximum Gasteiger partial charge on any atom is 0.240 e. The van der Waals surface area contributed by atoms with Gasteiger partial charge in [0.15, 0.2) is 0 Å². The summed E-state index contributed by atoms with van der Waals surface area (Å²) in [6, 6.07) is 10.5. The summed E-state index contributed by atoms with van der Waals surface area (Å²) < 4.78 is 32.5. The van der Waals surface area contributed by atoms with Crippen LogP contribution in [0, 0.1) is 13.8 Å². The topological polar surface area (TPSA) is 84.5 Å².